The molecule has 5 heteroatoms. The second-order valence-electron chi connectivity index (χ2n) is 5.34. The van der Waals surface area contributed by atoms with E-state index < -0.39 is 0 Å². The molecule has 0 aliphatic carbocycles. The summed E-state index contributed by atoms with van der Waals surface area (Å²) in [5.74, 6) is -0.168. The highest BCUT2D eigenvalue weighted by Gasteiger charge is 2.33. The summed E-state index contributed by atoms with van der Waals surface area (Å²) in [6.07, 6.45) is 6.44. The average Bonchev–Trinajstić information content (AvgIpc) is 3.00. The van der Waals surface area contributed by atoms with Crippen LogP contribution in [0.25, 0.3) is 0 Å². The lowest BCUT2D eigenvalue weighted by atomic mass is 10.00. The third kappa shape index (κ3) is 3.21. The highest BCUT2D eigenvalue weighted by atomic mass is 16.3. The number of nitrogens with one attached hydrogen (secondary N) is 1. The number of carbonyl (C=O) groups excluding carboxylic acids is 2. The fraction of sp³-hybridized carbons (Fsp3) is 0.600. The fourth-order valence-corrected chi connectivity index (χ4v) is 2.44. The van der Waals surface area contributed by atoms with Gasteiger partial charge in [0.2, 0.25) is 5.91 Å². The minimum atomic E-state index is -0.361. The number of hydrogen-bond acceptors (Lipinski definition) is 3. The maximum atomic E-state index is 12.4. The van der Waals surface area contributed by atoms with Crippen LogP contribution in [0.15, 0.2) is 23.0 Å². The second kappa shape index (κ2) is 6.59. The fourth-order valence-electron chi connectivity index (χ4n) is 2.44. The molecule has 0 radical (unpaired) electrons. The van der Waals surface area contributed by atoms with Crippen molar-refractivity contribution < 1.29 is 14.0 Å². The molecule has 2 rings (SSSR count). The van der Waals surface area contributed by atoms with Crippen LogP contribution in [0, 0.1) is 0 Å². The number of piperidine rings is 1. The minimum Gasteiger partial charge on any atom is -0.472 e. The molecule has 2 heterocycles. The van der Waals surface area contributed by atoms with E-state index >= 15 is 0 Å². The molecule has 1 saturated heterocycles. The van der Waals surface area contributed by atoms with Crippen molar-refractivity contribution in [3.63, 3.8) is 0 Å². The van der Waals surface area contributed by atoms with Crippen LogP contribution in [0.1, 0.15) is 49.9 Å². The molecule has 0 bridgehead atoms. The van der Waals surface area contributed by atoms with Crippen LogP contribution in [-0.4, -0.2) is 35.3 Å². The molecule has 1 aliphatic rings. The highest BCUT2D eigenvalue weighted by Crippen LogP contribution is 2.20. The van der Waals surface area contributed by atoms with Crippen LogP contribution in [0.2, 0.25) is 0 Å². The number of carbonyl (C=O) groups is 2. The largest absolute Gasteiger partial charge is 0.472 e. The van der Waals surface area contributed by atoms with Gasteiger partial charge in [-0.25, -0.2) is 0 Å². The van der Waals surface area contributed by atoms with Crippen LogP contribution in [0.3, 0.4) is 0 Å². The summed E-state index contributed by atoms with van der Waals surface area (Å²) < 4.78 is 4.96. The van der Waals surface area contributed by atoms with Crippen LogP contribution in [0.5, 0.6) is 0 Å². The van der Waals surface area contributed by atoms with Crippen molar-refractivity contribution in [3.05, 3.63) is 24.2 Å². The number of likely N-dealkylation sites (tertiary alicyclic amines) is 1. The molecule has 1 aliphatic heterocycles. The van der Waals surface area contributed by atoms with Crippen molar-refractivity contribution in [2.24, 2.45) is 0 Å². The van der Waals surface area contributed by atoms with Crippen LogP contribution >= 0.6 is 0 Å². The molecule has 2 atom stereocenters. The summed E-state index contributed by atoms with van der Waals surface area (Å²) in [7, 11) is 0. The smallest absolute Gasteiger partial charge is 0.257 e. The molecular formula is C15H22N2O3. The quantitative estimate of drug-likeness (QED) is 0.918. The Morgan fingerprint density at radius 1 is 1.50 bits per heavy atom. The van der Waals surface area contributed by atoms with Gasteiger partial charge >= 0.3 is 0 Å². The van der Waals surface area contributed by atoms with Crippen LogP contribution < -0.4 is 5.32 Å². The Balaban J connectivity index is 2.09. The predicted octanol–water partition coefficient (Wildman–Crippen LogP) is 2.19. The van der Waals surface area contributed by atoms with Gasteiger partial charge in [-0.3, -0.25) is 9.59 Å². The van der Waals surface area contributed by atoms with E-state index in [1.165, 1.54) is 12.5 Å². The third-order valence-electron chi connectivity index (χ3n) is 3.84. The van der Waals surface area contributed by atoms with E-state index in [0.717, 1.165) is 25.7 Å². The number of furan rings is 1. The van der Waals surface area contributed by atoms with Gasteiger partial charge in [-0.05, 0) is 38.7 Å². The Labute approximate surface area is 119 Å². The number of rotatable bonds is 4. The Hall–Kier alpha value is -1.78. The first-order valence-electron chi connectivity index (χ1n) is 7.27. The zero-order valence-corrected chi connectivity index (χ0v) is 12.1. The number of nitrogens with zero attached hydrogens (tertiary/aromatic N) is 1. The second-order valence-corrected chi connectivity index (χ2v) is 5.34. The minimum absolute atomic E-state index is 0.0455. The van der Waals surface area contributed by atoms with Gasteiger partial charge in [-0.2, -0.15) is 0 Å². The van der Waals surface area contributed by atoms with Crippen molar-refractivity contribution in [1.29, 1.82) is 0 Å². The first-order valence-corrected chi connectivity index (χ1v) is 7.27. The third-order valence-corrected chi connectivity index (χ3v) is 3.84. The van der Waals surface area contributed by atoms with Crippen molar-refractivity contribution in [2.75, 3.05) is 6.54 Å². The van der Waals surface area contributed by atoms with Gasteiger partial charge in [0.25, 0.3) is 5.91 Å². The summed E-state index contributed by atoms with van der Waals surface area (Å²) in [5.41, 5.74) is 0.508. The van der Waals surface area contributed by atoms with E-state index in [-0.39, 0.29) is 23.9 Å². The molecule has 0 saturated carbocycles. The molecule has 5 nitrogen and oxygen atoms in total. The molecule has 0 spiro atoms. The number of hydrogen-bond donors (Lipinski definition) is 1. The maximum absolute atomic E-state index is 12.4. The van der Waals surface area contributed by atoms with Crippen molar-refractivity contribution in [2.45, 2.75) is 51.6 Å². The van der Waals surface area contributed by atoms with Crippen molar-refractivity contribution in [3.8, 4) is 0 Å². The Kier molecular flexibility index (Phi) is 4.82. The topological polar surface area (TPSA) is 62.6 Å². The molecule has 0 unspecified atom stereocenters. The molecule has 20 heavy (non-hydrogen) atoms. The zero-order valence-electron chi connectivity index (χ0n) is 12.1. The molecule has 1 N–H and O–H groups in total. The van der Waals surface area contributed by atoms with Crippen molar-refractivity contribution in [1.82, 2.24) is 10.2 Å². The summed E-state index contributed by atoms with van der Waals surface area (Å²) >= 11 is 0. The first-order chi connectivity index (χ1) is 9.63. The normalized spacial score (nSPS) is 20.5. The summed E-state index contributed by atoms with van der Waals surface area (Å²) in [5, 5.41) is 2.97. The van der Waals surface area contributed by atoms with Crippen LogP contribution in [0.4, 0.5) is 0 Å². The summed E-state index contributed by atoms with van der Waals surface area (Å²) in [6, 6.07) is 1.41. The molecule has 1 aromatic rings. The maximum Gasteiger partial charge on any atom is 0.257 e. The van der Waals surface area contributed by atoms with Gasteiger partial charge in [-0.15, -0.1) is 0 Å². The summed E-state index contributed by atoms with van der Waals surface area (Å²) in [6.45, 7) is 4.63. The van der Waals surface area contributed by atoms with E-state index in [1.807, 2.05) is 13.8 Å². The Bertz CT molecular complexity index is 456. The SMILES string of the molecule is CC[C@H](C)NC(=O)[C@@H]1CCCCN1C(=O)c1ccoc1. The first kappa shape index (κ1) is 14.6. The molecule has 1 aromatic heterocycles. The van der Waals surface area contributed by atoms with E-state index in [2.05, 4.69) is 5.32 Å². The van der Waals surface area contributed by atoms with Crippen molar-refractivity contribution >= 4 is 11.8 Å². The van der Waals surface area contributed by atoms with E-state index in [9.17, 15) is 9.59 Å². The Morgan fingerprint density at radius 3 is 2.95 bits per heavy atom. The number of amides is 2. The van der Waals surface area contributed by atoms with Gasteiger partial charge in [-0.1, -0.05) is 6.92 Å². The summed E-state index contributed by atoms with van der Waals surface area (Å²) in [4.78, 5) is 26.4. The lowest BCUT2D eigenvalue weighted by Crippen LogP contribution is -2.53. The predicted molar refractivity (Wildman–Crippen MR) is 75.3 cm³/mol. The zero-order chi connectivity index (χ0) is 14.5. The van der Waals surface area contributed by atoms with E-state index in [4.69, 9.17) is 4.42 Å². The van der Waals surface area contributed by atoms with Crippen LogP contribution in [-0.2, 0) is 4.79 Å². The Morgan fingerprint density at radius 2 is 2.30 bits per heavy atom. The highest BCUT2D eigenvalue weighted by molar-refractivity contribution is 5.97. The van der Waals surface area contributed by atoms with E-state index in [1.54, 1.807) is 11.0 Å². The monoisotopic (exact) mass is 278 g/mol. The van der Waals surface area contributed by atoms with Gasteiger partial charge in [0.05, 0.1) is 11.8 Å². The van der Waals surface area contributed by atoms with Gasteiger partial charge in [0.15, 0.2) is 0 Å². The van der Waals surface area contributed by atoms with Gasteiger partial charge < -0.3 is 14.6 Å². The standard InChI is InChI=1S/C15H22N2O3/c1-3-11(2)16-14(18)13-6-4-5-8-17(13)15(19)12-7-9-20-10-12/h7,9-11,13H,3-6,8H2,1-2H3,(H,16,18)/t11-,13-/m0/s1. The van der Waals surface area contributed by atoms with Gasteiger partial charge in [0, 0.05) is 12.6 Å². The average molecular weight is 278 g/mol. The molecule has 110 valence electrons. The lowest BCUT2D eigenvalue weighted by Gasteiger charge is -2.35. The molecule has 2 amide bonds. The molecular weight excluding hydrogens is 256 g/mol. The van der Waals surface area contributed by atoms with E-state index in [0.29, 0.717) is 12.1 Å². The molecule has 0 aromatic carbocycles. The van der Waals surface area contributed by atoms with Gasteiger partial charge in [0.1, 0.15) is 12.3 Å². The lowest BCUT2D eigenvalue weighted by molar-refractivity contribution is -0.127. The molecule has 1 fully saturated rings.